The van der Waals surface area contributed by atoms with Gasteiger partial charge in [-0.1, -0.05) is 6.07 Å². The molecular formula is C16H21N3O2S. The third kappa shape index (κ3) is 3.90. The quantitative estimate of drug-likeness (QED) is 0.860. The van der Waals surface area contributed by atoms with E-state index in [-0.39, 0.29) is 12.1 Å². The van der Waals surface area contributed by atoms with E-state index < -0.39 is 0 Å². The molecule has 3 heterocycles. The van der Waals surface area contributed by atoms with Gasteiger partial charge < -0.3 is 15.1 Å². The van der Waals surface area contributed by atoms with Crippen LogP contribution >= 0.6 is 11.3 Å². The molecule has 2 amide bonds. The Balaban J connectivity index is 1.51. The highest BCUT2D eigenvalue weighted by Gasteiger charge is 2.24. The highest BCUT2D eigenvalue weighted by Crippen LogP contribution is 2.27. The van der Waals surface area contributed by atoms with Gasteiger partial charge in [0, 0.05) is 11.4 Å². The molecule has 0 aromatic carbocycles. The van der Waals surface area contributed by atoms with E-state index in [9.17, 15) is 4.79 Å². The zero-order valence-corrected chi connectivity index (χ0v) is 13.3. The summed E-state index contributed by atoms with van der Waals surface area (Å²) in [6, 6.07) is 8.00. The first kappa shape index (κ1) is 15.1. The molecule has 0 radical (unpaired) electrons. The highest BCUT2D eigenvalue weighted by atomic mass is 32.1. The number of hydrogen-bond donors (Lipinski definition) is 2. The number of rotatable bonds is 6. The van der Waals surface area contributed by atoms with E-state index >= 15 is 0 Å². The Bertz CT molecular complexity index is 562. The van der Waals surface area contributed by atoms with E-state index in [0.717, 1.165) is 18.8 Å². The molecule has 0 unspecified atom stereocenters. The minimum Gasteiger partial charge on any atom is -0.467 e. The summed E-state index contributed by atoms with van der Waals surface area (Å²) < 4.78 is 5.20. The van der Waals surface area contributed by atoms with Crippen LogP contribution in [0.2, 0.25) is 0 Å². The van der Waals surface area contributed by atoms with Gasteiger partial charge in [-0.3, -0.25) is 4.90 Å². The van der Waals surface area contributed by atoms with Crippen molar-refractivity contribution in [2.24, 2.45) is 0 Å². The molecule has 0 bridgehead atoms. The predicted molar refractivity (Wildman–Crippen MR) is 86.8 cm³/mol. The fraction of sp³-hybridized carbons (Fsp3) is 0.438. The van der Waals surface area contributed by atoms with Crippen LogP contribution in [0.25, 0.3) is 0 Å². The van der Waals surface area contributed by atoms with Crippen molar-refractivity contribution in [3.63, 3.8) is 0 Å². The van der Waals surface area contributed by atoms with Crippen LogP contribution < -0.4 is 10.6 Å². The summed E-state index contributed by atoms with van der Waals surface area (Å²) in [6.45, 7) is 3.26. The fourth-order valence-electron chi connectivity index (χ4n) is 2.78. The summed E-state index contributed by atoms with van der Waals surface area (Å²) in [5.41, 5.74) is 0. The van der Waals surface area contributed by atoms with Gasteiger partial charge in [-0.15, -0.1) is 11.3 Å². The van der Waals surface area contributed by atoms with Crippen molar-refractivity contribution in [2.45, 2.75) is 25.4 Å². The van der Waals surface area contributed by atoms with Crippen LogP contribution in [-0.4, -0.2) is 30.6 Å². The van der Waals surface area contributed by atoms with Gasteiger partial charge in [-0.25, -0.2) is 4.79 Å². The lowest BCUT2D eigenvalue weighted by molar-refractivity contribution is 0.221. The van der Waals surface area contributed by atoms with E-state index in [1.54, 1.807) is 17.6 Å². The van der Waals surface area contributed by atoms with Gasteiger partial charge >= 0.3 is 6.03 Å². The Morgan fingerprint density at radius 2 is 2.14 bits per heavy atom. The summed E-state index contributed by atoms with van der Waals surface area (Å²) in [4.78, 5) is 15.7. The van der Waals surface area contributed by atoms with Gasteiger partial charge in [-0.05, 0) is 49.5 Å². The number of thiophene rings is 1. The topological polar surface area (TPSA) is 57.5 Å². The number of urea groups is 1. The minimum absolute atomic E-state index is 0.155. The molecular weight excluding hydrogens is 298 g/mol. The van der Waals surface area contributed by atoms with Crippen LogP contribution in [0.1, 0.15) is 29.5 Å². The zero-order chi connectivity index (χ0) is 15.2. The monoisotopic (exact) mass is 319 g/mol. The Labute approximate surface area is 134 Å². The van der Waals surface area contributed by atoms with Crippen molar-refractivity contribution in [3.05, 3.63) is 46.5 Å². The fourth-order valence-corrected chi connectivity index (χ4v) is 3.64. The van der Waals surface area contributed by atoms with Crippen LogP contribution in [0, 0.1) is 0 Å². The second-order valence-corrected chi connectivity index (χ2v) is 6.40. The Morgan fingerprint density at radius 1 is 1.27 bits per heavy atom. The van der Waals surface area contributed by atoms with E-state index in [2.05, 4.69) is 33.0 Å². The first-order valence-electron chi connectivity index (χ1n) is 7.64. The predicted octanol–water partition coefficient (Wildman–Crippen LogP) is 2.98. The lowest BCUT2D eigenvalue weighted by Crippen LogP contribution is -2.41. The molecule has 1 fully saturated rings. The van der Waals surface area contributed by atoms with Crippen molar-refractivity contribution in [3.8, 4) is 0 Å². The number of amides is 2. The molecule has 1 atom stereocenters. The number of hydrogen-bond acceptors (Lipinski definition) is 4. The minimum atomic E-state index is -0.155. The maximum Gasteiger partial charge on any atom is 0.315 e. The molecule has 1 saturated heterocycles. The summed E-state index contributed by atoms with van der Waals surface area (Å²) in [5, 5.41) is 7.89. The van der Waals surface area contributed by atoms with E-state index in [0.29, 0.717) is 13.1 Å². The van der Waals surface area contributed by atoms with Gasteiger partial charge in [0.1, 0.15) is 5.76 Å². The molecule has 0 aliphatic carbocycles. The first-order valence-corrected chi connectivity index (χ1v) is 8.52. The zero-order valence-electron chi connectivity index (χ0n) is 12.5. The molecule has 5 nitrogen and oxygen atoms in total. The Kier molecular flexibility index (Phi) is 5.13. The van der Waals surface area contributed by atoms with Crippen LogP contribution in [0.3, 0.4) is 0 Å². The van der Waals surface area contributed by atoms with Gasteiger partial charge in [0.05, 0.1) is 18.8 Å². The number of nitrogens with zero attached hydrogens (tertiary/aromatic N) is 1. The number of likely N-dealkylation sites (tertiary alicyclic amines) is 1. The molecule has 1 aliphatic rings. The summed E-state index contributed by atoms with van der Waals surface area (Å²) in [5.74, 6) is 0.754. The third-order valence-corrected chi connectivity index (χ3v) is 4.89. The van der Waals surface area contributed by atoms with Crippen LogP contribution in [0.15, 0.2) is 40.3 Å². The van der Waals surface area contributed by atoms with Crippen LogP contribution in [0.5, 0.6) is 0 Å². The maximum absolute atomic E-state index is 11.9. The molecule has 2 N–H and O–H groups in total. The molecule has 1 aliphatic heterocycles. The SMILES string of the molecule is O=C(NCc1ccco1)NC[C@@H](c1cccs1)N1CCCC1. The normalized spacial score (nSPS) is 16.5. The van der Waals surface area contributed by atoms with Crippen LogP contribution in [-0.2, 0) is 6.54 Å². The molecule has 118 valence electrons. The molecule has 2 aromatic rings. The van der Waals surface area contributed by atoms with Crippen molar-refractivity contribution in [1.29, 1.82) is 0 Å². The lowest BCUT2D eigenvalue weighted by Gasteiger charge is -2.26. The number of furan rings is 1. The van der Waals surface area contributed by atoms with Crippen LogP contribution in [0.4, 0.5) is 4.79 Å². The van der Waals surface area contributed by atoms with Crippen molar-refractivity contribution >= 4 is 17.4 Å². The molecule has 6 heteroatoms. The molecule has 0 spiro atoms. The maximum atomic E-state index is 11.9. The van der Waals surface area contributed by atoms with Crippen molar-refractivity contribution in [1.82, 2.24) is 15.5 Å². The molecule has 2 aromatic heterocycles. The Hall–Kier alpha value is -1.79. The first-order chi connectivity index (χ1) is 10.8. The second-order valence-electron chi connectivity index (χ2n) is 5.42. The summed E-state index contributed by atoms with van der Waals surface area (Å²) >= 11 is 1.75. The second kappa shape index (κ2) is 7.47. The average molecular weight is 319 g/mol. The van der Waals surface area contributed by atoms with Gasteiger partial charge in [0.15, 0.2) is 0 Å². The third-order valence-electron chi connectivity index (χ3n) is 3.91. The van der Waals surface area contributed by atoms with E-state index in [4.69, 9.17) is 4.42 Å². The summed E-state index contributed by atoms with van der Waals surface area (Å²) in [7, 11) is 0. The largest absolute Gasteiger partial charge is 0.467 e. The van der Waals surface area contributed by atoms with E-state index in [1.165, 1.54) is 17.7 Å². The summed E-state index contributed by atoms with van der Waals surface area (Å²) in [6.07, 6.45) is 4.09. The smallest absolute Gasteiger partial charge is 0.315 e. The molecule has 3 rings (SSSR count). The van der Waals surface area contributed by atoms with Gasteiger partial charge in [-0.2, -0.15) is 0 Å². The Morgan fingerprint density at radius 3 is 2.82 bits per heavy atom. The average Bonchev–Trinajstić information content (AvgIpc) is 3.27. The van der Waals surface area contributed by atoms with Gasteiger partial charge in [0.25, 0.3) is 0 Å². The number of carbonyl (C=O) groups excluding carboxylic acids is 1. The number of nitrogens with one attached hydrogen (secondary N) is 2. The molecule has 22 heavy (non-hydrogen) atoms. The van der Waals surface area contributed by atoms with Gasteiger partial charge in [0.2, 0.25) is 0 Å². The molecule has 0 saturated carbocycles. The van der Waals surface area contributed by atoms with Crippen molar-refractivity contribution < 1.29 is 9.21 Å². The van der Waals surface area contributed by atoms with E-state index in [1.807, 2.05) is 12.1 Å². The highest BCUT2D eigenvalue weighted by molar-refractivity contribution is 7.10. The standard InChI is InChI=1S/C16H21N3O2S/c20-16(17-11-13-5-3-9-21-13)18-12-14(15-6-4-10-22-15)19-7-1-2-8-19/h3-6,9-10,14H,1-2,7-8,11-12H2,(H2,17,18,20)/t14-/m0/s1. The number of carbonyl (C=O) groups is 1. The lowest BCUT2D eigenvalue weighted by atomic mass is 10.2. The van der Waals surface area contributed by atoms with Crippen molar-refractivity contribution in [2.75, 3.05) is 19.6 Å².